The van der Waals surface area contributed by atoms with Crippen molar-refractivity contribution in [3.05, 3.63) is 87.7 Å². The van der Waals surface area contributed by atoms with Crippen LogP contribution in [0.3, 0.4) is 0 Å². The van der Waals surface area contributed by atoms with Crippen LogP contribution in [0.4, 0.5) is 16.3 Å². The lowest BCUT2D eigenvalue weighted by Gasteiger charge is -2.17. The standard InChI is InChI=1S/C31H29N9O3/c1-16-5-6-32-29(35-16)21-8-20(21)23-9-26(41)22-12-34-27(10-24(22)37-23)33-11-19-14-39-13-18(17-3-4-17)7-25(30(39)36-19)40-15-28(42)38(2)31(40)43/h5-7,9-10,12-14,17,20-21H,3-4,8,11,15H2,1-2H3,(H,33,34)(H,37,41)/t20-,21-/m0/s1. The maximum atomic E-state index is 12.9. The van der Waals surface area contributed by atoms with Gasteiger partial charge in [0.15, 0.2) is 11.1 Å². The SMILES string of the molecule is Cc1ccnc([C@H]2C[C@@H]2c2cc(=O)c3cnc(NCc4cn5cc(C6CC6)cc(N6CC(=O)N(C)C6=O)c5n4)cc3[nH]2)n1. The predicted octanol–water partition coefficient (Wildman–Crippen LogP) is 3.83. The van der Waals surface area contributed by atoms with Crippen molar-refractivity contribution in [3.63, 3.8) is 0 Å². The number of aryl methyl sites for hydroxylation is 1. The van der Waals surface area contributed by atoms with Crippen LogP contribution in [0.5, 0.6) is 0 Å². The molecule has 12 heteroatoms. The van der Waals surface area contributed by atoms with Crippen LogP contribution in [0.2, 0.25) is 0 Å². The zero-order chi connectivity index (χ0) is 29.4. The molecule has 5 aromatic rings. The number of H-pyrrole nitrogens is 1. The van der Waals surface area contributed by atoms with Crippen LogP contribution in [0.25, 0.3) is 16.6 Å². The Morgan fingerprint density at radius 1 is 1.05 bits per heavy atom. The van der Waals surface area contributed by atoms with Crippen molar-refractivity contribution < 1.29 is 9.59 Å². The summed E-state index contributed by atoms with van der Waals surface area (Å²) in [5.74, 6) is 2.01. The maximum Gasteiger partial charge on any atom is 0.331 e. The highest BCUT2D eigenvalue weighted by molar-refractivity contribution is 6.13. The van der Waals surface area contributed by atoms with E-state index in [1.54, 1.807) is 18.5 Å². The van der Waals surface area contributed by atoms with Gasteiger partial charge in [-0.2, -0.15) is 0 Å². The van der Waals surface area contributed by atoms with Crippen LogP contribution in [0.15, 0.2) is 53.8 Å². The number of urea groups is 1. The van der Waals surface area contributed by atoms with Gasteiger partial charge in [-0.3, -0.25) is 19.4 Å². The van der Waals surface area contributed by atoms with E-state index < -0.39 is 0 Å². The number of imide groups is 1. The number of rotatable bonds is 7. The van der Waals surface area contributed by atoms with E-state index in [9.17, 15) is 14.4 Å². The van der Waals surface area contributed by atoms with Gasteiger partial charge in [0.25, 0.3) is 0 Å². The summed E-state index contributed by atoms with van der Waals surface area (Å²) < 4.78 is 1.94. The fraction of sp³-hybridized carbons (Fsp3) is 0.323. The summed E-state index contributed by atoms with van der Waals surface area (Å²) in [5.41, 5.74) is 5.60. The van der Waals surface area contributed by atoms with Crippen LogP contribution in [0, 0.1) is 6.92 Å². The number of imidazole rings is 1. The van der Waals surface area contributed by atoms with Crippen molar-refractivity contribution in [2.24, 2.45) is 0 Å². The zero-order valence-electron chi connectivity index (χ0n) is 23.7. The number of aromatic nitrogens is 6. The minimum absolute atomic E-state index is 0.000372. The van der Waals surface area contributed by atoms with Gasteiger partial charge in [-0.1, -0.05) is 0 Å². The third-order valence-electron chi connectivity index (χ3n) is 8.65. The number of anilines is 2. The molecule has 8 rings (SSSR count). The number of aromatic amines is 1. The molecule has 216 valence electrons. The minimum atomic E-state index is -0.347. The van der Waals surface area contributed by atoms with E-state index in [0.29, 0.717) is 40.5 Å². The number of likely N-dealkylation sites (N-methyl/N-ethyl adjacent to an activating group) is 1. The van der Waals surface area contributed by atoms with Gasteiger partial charge >= 0.3 is 6.03 Å². The molecule has 0 radical (unpaired) electrons. The fourth-order valence-corrected chi connectivity index (χ4v) is 5.98. The third-order valence-corrected chi connectivity index (χ3v) is 8.65. The van der Waals surface area contributed by atoms with Crippen molar-refractivity contribution in [3.8, 4) is 0 Å². The van der Waals surface area contributed by atoms with Crippen LogP contribution < -0.4 is 15.6 Å². The molecule has 3 aliphatic rings. The first-order valence-corrected chi connectivity index (χ1v) is 14.5. The molecule has 0 aromatic carbocycles. The summed E-state index contributed by atoms with van der Waals surface area (Å²) in [6.07, 6.45) is 10.5. The van der Waals surface area contributed by atoms with Crippen molar-refractivity contribution >= 4 is 40.0 Å². The van der Waals surface area contributed by atoms with Gasteiger partial charge in [0.1, 0.15) is 18.2 Å². The molecule has 1 saturated heterocycles. The van der Waals surface area contributed by atoms with Gasteiger partial charge in [-0.05, 0) is 49.8 Å². The Morgan fingerprint density at radius 3 is 2.67 bits per heavy atom. The van der Waals surface area contributed by atoms with Gasteiger partial charge in [-0.15, -0.1) is 0 Å². The van der Waals surface area contributed by atoms with E-state index >= 15 is 0 Å². The molecule has 2 saturated carbocycles. The van der Waals surface area contributed by atoms with E-state index in [1.807, 2.05) is 35.7 Å². The highest BCUT2D eigenvalue weighted by Gasteiger charge is 2.42. The van der Waals surface area contributed by atoms with Crippen LogP contribution in [0.1, 0.15) is 65.5 Å². The van der Waals surface area contributed by atoms with Crippen molar-refractivity contribution in [1.29, 1.82) is 0 Å². The van der Waals surface area contributed by atoms with E-state index in [2.05, 4.69) is 31.4 Å². The molecule has 0 unspecified atom stereocenters. The predicted molar refractivity (Wildman–Crippen MR) is 159 cm³/mol. The van der Waals surface area contributed by atoms with Gasteiger partial charge in [-0.25, -0.2) is 24.7 Å². The number of nitrogens with one attached hydrogen (secondary N) is 2. The number of carbonyl (C=O) groups excluding carboxylic acids is 2. The molecule has 43 heavy (non-hydrogen) atoms. The summed E-state index contributed by atoms with van der Waals surface area (Å²) in [6, 6.07) is 7.04. The van der Waals surface area contributed by atoms with E-state index in [4.69, 9.17) is 4.98 Å². The van der Waals surface area contributed by atoms with Crippen LogP contribution in [-0.4, -0.2) is 59.8 Å². The Morgan fingerprint density at radius 2 is 1.91 bits per heavy atom. The molecular formula is C31H29N9O3. The van der Waals surface area contributed by atoms with Crippen molar-refractivity contribution in [2.45, 2.75) is 50.5 Å². The Kier molecular flexibility index (Phi) is 5.62. The molecule has 0 bridgehead atoms. The van der Waals surface area contributed by atoms with E-state index in [0.717, 1.165) is 52.6 Å². The average Bonchev–Trinajstić information content (AvgIpc) is 3.93. The Balaban J connectivity index is 1.06. The number of carbonyl (C=O) groups is 2. The summed E-state index contributed by atoms with van der Waals surface area (Å²) in [4.78, 5) is 62.4. The third kappa shape index (κ3) is 4.49. The smallest absolute Gasteiger partial charge is 0.331 e. The summed E-state index contributed by atoms with van der Waals surface area (Å²) in [6.45, 7) is 2.33. The number of nitrogens with zero attached hydrogens (tertiary/aromatic N) is 7. The fourth-order valence-electron chi connectivity index (χ4n) is 5.98. The number of fused-ring (bicyclic) bond motifs is 2. The lowest BCUT2D eigenvalue weighted by molar-refractivity contribution is -0.123. The zero-order valence-corrected chi connectivity index (χ0v) is 23.7. The second kappa shape index (κ2) is 9.45. The van der Waals surface area contributed by atoms with Crippen molar-refractivity contribution in [2.75, 3.05) is 23.8 Å². The molecular weight excluding hydrogens is 546 g/mol. The Bertz CT molecular complexity index is 2030. The largest absolute Gasteiger partial charge is 0.364 e. The summed E-state index contributed by atoms with van der Waals surface area (Å²) >= 11 is 0. The van der Waals surface area contributed by atoms with Gasteiger partial charge in [0.2, 0.25) is 5.91 Å². The summed E-state index contributed by atoms with van der Waals surface area (Å²) in [7, 11) is 1.50. The Hall–Kier alpha value is -5.13. The first-order chi connectivity index (χ1) is 20.8. The molecule has 12 nitrogen and oxygen atoms in total. The quantitative estimate of drug-likeness (QED) is 0.279. The molecule has 0 spiro atoms. The molecule has 2 aliphatic carbocycles. The van der Waals surface area contributed by atoms with Crippen LogP contribution in [-0.2, 0) is 11.3 Å². The lowest BCUT2D eigenvalue weighted by atomic mass is 10.1. The summed E-state index contributed by atoms with van der Waals surface area (Å²) in [5, 5.41) is 3.85. The van der Waals surface area contributed by atoms with E-state index in [1.165, 1.54) is 11.9 Å². The molecule has 2 N–H and O–H groups in total. The van der Waals surface area contributed by atoms with Gasteiger partial charge < -0.3 is 14.7 Å². The maximum absolute atomic E-state index is 12.9. The van der Waals surface area contributed by atoms with Gasteiger partial charge in [0.05, 0.1) is 28.8 Å². The lowest BCUT2D eigenvalue weighted by Crippen LogP contribution is -2.30. The highest BCUT2D eigenvalue weighted by Crippen LogP contribution is 2.52. The highest BCUT2D eigenvalue weighted by atomic mass is 16.2. The number of hydrogen-bond acceptors (Lipinski definition) is 8. The number of hydrogen-bond donors (Lipinski definition) is 2. The van der Waals surface area contributed by atoms with Gasteiger partial charge in [0, 0.05) is 67.2 Å². The van der Waals surface area contributed by atoms with E-state index in [-0.39, 0.29) is 35.7 Å². The van der Waals surface area contributed by atoms with Crippen LogP contribution >= 0.6 is 0 Å². The minimum Gasteiger partial charge on any atom is -0.364 e. The average molecular weight is 576 g/mol. The molecule has 1 aliphatic heterocycles. The molecule has 5 aromatic heterocycles. The number of pyridine rings is 3. The monoisotopic (exact) mass is 575 g/mol. The first kappa shape index (κ1) is 25.6. The molecule has 3 amide bonds. The topological polar surface area (TPSA) is 141 Å². The van der Waals surface area contributed by atoms with Crippen molar-refractivity contribution in [1.82, 2.24) is 34.2 Å². The number of amides is 3. The normalized spacial score (nSPS) is 20.0. The second-order valence-electron chi connectivity index (χ2n) is 11.8. The first-order valence-electron chi connectivity index (χ1n) is 14.5. The molecule has 6 heterocycles. The molecule has 2 atom stereocenters. The Labute approximate surface area is 245 Å². The molecule has 3 fully saturated rings. The second-order valence-corrected chi connectivity index (χ2v) is 11.8.